The first kappa shape index (κ1) is 17.2. The lowest BCUT2D eigenvalue weighted by atomic mass is 10.2. The lowest BCUT2D eigenvalue weighted by Gasteiger charge is -2.36. The molecule has 0 saturated carbocycles. The van der Waals surface area contributed by atoms with E-state index in [4.69, 9.17) is 17.3 Å². The first-order valence-electron chi connectivity index (χ1n) is 7.55. The van der Waals surface area contributed by atoms with Crippen LogP contribution in [0.1, 0.15) is 31.2 Å². The van der Waals surface area contributed by atoms with Gasteiger partial charge in [0.25, 0.3) is 0 Å². The van der Waals surface area contributed by atoms with Crippen LogP contribution in [0, 0.1) is 0 Å². The van der Waals surface area contributed by atoms with Gasteiger partial charge in [0, 0.05) is 19.5 Å². The van der Waals surface area contributed by atoms with E-state index in [0.29, 0.717) is 0 Å². The number of unbranched alkanes of at least 4 members (excludes halogenated alkanes) is 2. The molecule has 0 bridgehead atoms. The largest absolute Gasteiger partial charge is 0.481 e. The van der Waals surface area contributed by atoms with Crippen LogP contribution in [-0.4, -0.2) is 44.3 Å². The van der Waals surface area contributed by atoms with Crippen molar-refractivity contribution in [2.45, 2.75) is 32.2 Å². The minimum Gasteiger partial charge on any atom is -0.481 e. The van der Waals surface area contributed by atoms with Gasteiger partial charge in [0.2, 0.25) is 0 Å². The van der Waals surface area contributed by atoms with Crippen LogP contribution in [0.15, 0.2) is 30.3 Å². The fourth-order valence-electron chi connectivity index (χ4n) is 2.42. The minimum absolute atomic E-state index is 0.277. The Morgan fingerprint density at radius 2 is 2.00 bits per heavy atom. The molecule has 0 aliphatic carbocycles. The highest BCUT2D eigenvalue weighted by molar-refractivity contribution is 8.22. The van der Waals surface area contributed by atoms with Crippen molar-refractivity contribution >= 4 is 34.3 Å². The van der Waals surface area contributed by atoms with Gasteiger partial charge in [-0.05, 0) is 18.4 Å². The van der Waals surface area contributed by atoms with Gasteiger partial charge in [0.05, 0.1) is 12.5 Å². The number of hydrogen-bond acceptors (Lipinski definition) is 4. The average Bonchev–Trinajstić information content (AvgIpc) is 2.51. The Morgan fingerprint density at radius 3 is 2.73 bits per heavy atom. The molecule has 0 amide bonds. The summed E-state index contributed by atoms with van der Waals surface area (Å²) in [4.78, 5) is 15.1. The number of thioether (sulfide) groups is 1. The normalized spacial score (nSPS) is 16.0. The van der Waals surface area contributed by atoms with E-state index in [1.54, 1.807) is 11.8 Å². The van der Waals surface area contributed by atoms with Gasteiger partial charge in [-0.3, -0.25) is 9.69 Å². The molecule has 0 unspecified atom stereocenters. The second-order valence-electron chi connectivity index (χ2n) is 5.46. The minimum atomic E-state index is -0.701. The molecule has 6 heteroatoms. The number of carboxylic acid groups (broad SMARTS) is 1. The smallest absolute Gasteiger partial charge is 0.303 e. The quantitative estimate of drug-likeness (QED) is 0.579. The Morgan fingerprint density at radius 1 is 1.23 bits per heavy atom. The van der Waals surface area contributed by atoms with Crippen molar-refractivity contribution in [2.75, 3.05) is 19.1 Å². The van der Waals surface area contributed by atoms with E-state index in [1.165, 1.54) is 5.56 Å². The molecule has 1 heterocycles. The molecule has 22 heavy (non-hydrogen) atoms. The van der Waals surface area contributed by atoms with Crippen LogP contribution in [-0.2, 0) is 11.3 Å². The standard InChI is InChI=1S/C16H22N2O2S2/c19-15(20)9-5-2-6-10-17-12-18(16(21)22-13-17)11-14-7-3-1-4-8-14/h1,3-4,7-8H,2,5-6,9-13H2,(H,19,20). The predicted octanol–water partition coefficient (Wildman–Crippen LogP) is 3.38. The fourth-order valence-corrected chi connectivity index (χ4v) is 3.51. The number of aliphatic carboxylic acids is 1. The van der Waals surface area contributed by atoms with Crippen molar-refractivity contribution in [3.8, 4) is 0 Å². The molecule has 120 valence electrons. The molecule has 0 spiro atoms. The van der Waals surface area contributed by atoms with E-state index in [-0.39, 0.29) is 6.42 Å². The molecule has 1 fully saturated rings. The molecule has 2 rings (SSSR count). The van der Waals surface area contributed by atoms with Gasteiger partial charge in [-0.25, -0.2) is 0 Å². The van der Waals surface area contributed by atoms with Crippen LogP contribution >= 0.6 is 24.0 Å². The van der Waals surface area contributed by atoms with Crippen molar-refractivity contribution in [2.24, 2.45) is 0 Å². The Labute approximate surface area is 141 Å². The second-order valence-corrected chi connectivity index (χ2v) is 7.04. The van der Waals surface area contributed by atoms with E-state index in [1.807, 2.05) is 6.07 Å². The van der Waals surface area contributed by atoms with E-state index >= 15 is 0 Å². The van der Waals surface area contributed by atoms with Crippen LogP contribution in [0.25, 0.3) is 0 Å². The molecule has 1 saturated heterocycles. The monoisotopic (exact) mass is 338 g/mol. The maximum atomic E-state index is 10.5. The molecular formula is C16H22N2O2S2. The summed E-state index contributed by atoms with van der Waals surface area (Å²) < 4.78 is 0.964. The number of benzene rings is 1. The number of hydrogen-bond donors (Lipinski definition) is 1. The lowest BCUT2D eigenvalue weighted by molar-refractivity contribution is -0.137. The maximum Gasteiger partial charge on any atom is 0.303 e. The lowest BCUT2D eigenvalue weighted by Crippen LogP contribution is -2.44. The maximum absolute atomic E-state index is 10.5. The van der Waals surface area contributed by atoms with E-state index < -0.39 is 5.97 Å². The molecule has 0 aromatic heterocycles. The third-order valence-corrected chi connectivity index (χ3v) is 5.19. The zero-order valence-electron chi connectivity index (χ0n) is 12.6. The molecule has 1 aromatic carbocycles. The van der Waals surface area contributed by atoms with Crippen molar-refractivity contribution in [1.82, 2.24) is 9.80 Å². The number of nitrogens with zero attached hydrogens (tertiary/aromatic N) is 2. The first-order chi connectivity index (χ1) is 10.6. The molecule has 4 nitrogen and oxygen atoms in total. The third kappa shape index (κ3) is 5.94. The summed E-state index contributed by atoms with van der Waals surface area (Å²) >= 11 is 7.17. The van der Waals surface area contributed by atoms with Gasteiger partial charge < -0.3 is 10.0 Å². The van der Waals surface area contributed by atoms with E-state index in [0.717, 1.165) is 49.2 Å². The van der Waals surface area contributed by atoms with Gasteiger partial charge in [-0.15, -0.1) is 0 Å². The van der Waals surface area contributed by atoms with Crippen LogP contribution in [0.5, 0.6) is 0 Å². The highest BCUT2D eigenvalue weighted by Gasteiger charge is 2.21. The fraction of sp³-hybridized carbons (Fsp3) is 0.500. The molecule has 1 N–H and O–H groups in total. The average molecular weight is 338 g/mol. The van der Waals surface area contributed by atoms with Gasteiger partial charge in [-0.2, -0.15) is 0 Å². The first-order valence-corrected chi connectivity index (χ1v) is 8.94. The van der Waals surface area contributed by atoms with Gasteiger partial charge in [-0.1, -0.05) is 60.7 Å². The van der Waals surface area contributed by atoms with Crippen molar-refractivity contribution in [1.29, 1.82) is 0 Å². The van der Waals surface area contributed by atoms with Gasteiger partial charge in [0.15, 0.2) is 0 Å². The number of carbonyl (C=O) groups is 1. The highest BCUT2D eigenvalue weighted by atomic mass is 32.2. The number of carboxylic acids is 1. The molecule has 1 aliphatic rings. The highest BCUT2D eigenvalue weighted by Crippen LogP contribution is 2.21. The van der Waals surface area contributed by atoms with Crippen LogP contribution in [0.4, 0.5) is 0 Å². The SMILES string of the molecule is O=C(O)CCCCCN1CSC(=S)N(Cc2ccccc2)C1. The zero-order chi connectivity index (χ0) is 15.8. The molecule has 0 atom stereocenters. The predicted molar refractivity (Wildman–Crippen MR) is 94.7 cm³/mol. The van der Waals surface area contributed by atoms with E-state index in [2.05, 4.69) is 34.1 Å². The Balaban J connectivity index is 1.73. The Kier molecular flexibility index (Phi) is 7.15. The molecule has 0 radical (unpaired) electrons. The molecule has 1 aromatic rings. The summed E-state index contributed by atoms with van der Waals surface area (Å²) in [5, 5.41) is 8.63. The summed E-state index contributed by atoms with van der Waals surface area (Å²) in [6.45, 7) is 2.71. The van der Waals surface area contributed by atoms with Crippen LogP contribution in [0.3, 0.4) is 0 Å². The summed E-state index contributed by atoms with van der Waals surface area (Å²) in [7, 11) is 0. The van der Waals surface area contributed by atoms with E-state index in [9.17, 15) is 4.79 Å². The van der Waals surface area contributed by atoms with Crippen molar-refractivity contribution in [3.63, 3.8) is 0 Å². The number of rotatable bonds is 8. The van der Waals surface area contributed by atoms with Crippen LogP contribution in [0.2, 0.25) is 0 Å². The van der Waals surface area contributed by atoms with Crippen LogP contribution < -0.4 is 0 Å². The summed E-state index contributed by atoms with van der Waals surface area (Å²) in [5.41, 5.74) is 1.27. The van der Waals surface area contributed by atoms with Crippen molar-refractivity contribution < 1.29 is 9.90 Å². The molecule has 1 aliphatic heterocycles. The summed E-state index contributed by atoms with van der Waals surface area (Å²) in [5.74, 6) is 0.233. The summed E-state index contributed by atoms with van der Waals surface area (Å²) in [6, 6.07) is 10.4. The van der Waals surface area contributed by atoms with Gasteiger partial charge >= 0.3 is 5.97 Å². The zero-order valence-corrected chi connectivity index (χ0v) is 14.2. The van der Waals surface area contributed by atoms with Crippen molar-refractivity contribution in [3.05, 3.63) is 35.9 Å². The second kappa shape index (κ2) is 9.12. The molecular weight excluding hydrogens is 316 g/mol. The Hall–Kier alpha value is -1.11. The topological polar surface area (TPSA) is 43.8 Å². The Bertz CT molecular complexity index is 496. The number of thiocarbonyl (C=S) groups is 1. The summed E-state index contributed by atoms with van der Waals surface area (Å²) in [6.07, 6.45) is 3.05. The van der Waals surface area contributed by atoms with Gasteiger partial charge in [0.1, 0.15) is 4.32 Å². The third-order valence-electron chi connectivity index (χ3n) is 3.58.